The van der Waals surface area contributed by atoms with Crippen molar-refractivity contribution >= 4 is 64.8 Å². The van der Waals surface area contributed by atoms with Gasteiger partial charge < -0.3 is 24.9 Å². The van der Waals surface area contributed by atoms with Crippen LogP contribution in [0.4, 0.5) is 35.9 Å². The Morgan fingerprint density at radius 3 is 1.36 bits per heavy atom. The van der Waals surface area contributed by atoms with Gasteiger partial charge in [-0.15, -0.1) is 16.8 Å². The number of hydrogen-bond acceptors (Lipinski definition) is 7. The van der Waals surface area contributed by atoms with Gasteiger partial charge in [-0.2, -0.15) is 35.7 Å². The molecule has 2 aromatic carbocycles. The first kappa shape index (κ1) is 40.0. The second kappa shape index (κ2) is 16.5. The summed E-state index contributed by atoms with van der Waals surface area (Å²) in [7, 11) is 0. The van der Waals surface area contributed by atoms with E-state index in [4.69, 9.17) is 55.9 Å². The molecule has 50 heavy (non-hydrogen) atoms. The van der Waals surface area contributed by atoms with Crippen molar-refractivity contribution in [3.63, 3.8) is 0 Å². The number of amides is 2. The monoisotopic (exact) mass is 788 g/mol. The summed E-state index contributed by atoms with van der Waals surface area (Å²) < 4.78 is 88.9. The maximum atomic E-state index is 12.7. The highest BCUT2D eigenvalue weighted by Crippen LogP contribution is 2.43. The predicted molar refractivity (Wildman–Crippen MR) is 171 cm³/mol. The van der Waals surface area contributed by atoms with Crippen LogP contribution in [0.2, 0.25) is 20.1 Å². The molecular weight excluding hydrogens is 768 g/mol. The molecule has 0 saturated heterocycles. The zero-order valence-corrected chi connectivity index (χ0v) is 28.4. The number of rotatable bonds is 8. The zero-order valence-electron chi connectivity index (χ0n) is 25.3. The van der Waals surface area contributed by atoms with Gasteiger partial charge in [0.2, 0.25) is 11.8 Å². The van der Waals surface area contributed by atoms with Crippen LogP contribution in [-0.4, -0.2) is 51.0 Å². The number of aromatic nitrogens is 4. The number of carbonyl (C=O) groups is 3. The van der Waals surface area contributed by atoms with Crippen LogP contribution in [-0.2, 0) is 17.1 Å². The Hall–Kier alpha value is -4.45. The minimum atomic E-state index is -4.61. The van der Waals surface area contributed by atoms with Crippen LogP contribution in [0.25, 0.3) is 0 Å². The van der Waals surface area contributed by atoms with Gasteiger partial charge in [0.15, 0.2) is 11.5 Å². The van der Waals surface area contributed by atoms with E-state index in [-0.39, 0.29) is 56.4 Å². The van der Waals surface area contributed by atoms with Gasteiger partial charge in [0, 0.05) is 18.7 Å². The van der Waals surface area contributed by atoms with Crippen LogP contribution < -0.4 is 20.1 Å². The van der Waals surface area contributed by atoms with Crippen molar-refractivity contribution in [1.29, 1.82) is 0 Å². The topological polar surface area (TPSA) is 129 Å². The largest absolute Gasteiger partial charge is 0.434 e. The Labute approximate surface area is 298 Å². The molecule has 4 aromatic rings. The predicted octanol–water partition coefficient (Wildman–Crippen LogP) is 9.12. The number of halogens is 10. The van der Waals surface area contributed by atoms with E-state index in [9.17, 15) is 40.7 Å². The lowest BCUT2D eigenvalue weighted by Crippen LogP contribution is -2.31. The van der Waals surface area contributed by atoms with Crippen molar-refractivity contribution in [2.24, 2.45) is 0 Å². The molecule has 11 nitrogen and oxygen atoms in total. The second-order valence-electron chi connectivity index (χ2n) is 9.64. The first-order chi connectivity index (χ1) is 23.3. The third kappa shape index (κ3) is 10.3. The fraction of sp³-hybridized carbons (Fsp3) is 0.207. The number of aryl methyl sites for hydroxylation is 2. The molecule has 0 atom stereocenters. The molecule has 2 aromatic heterocycles. The Kier molecular flexibility index (Phi) is 13.2. The third-order valence-corrected chi connectivity index (χ3v) is 7.04. The molecule has 0 radical (unpaired) electrons. The Morgan fingerprint density at radius 1 is 0.720 bits per heavy atom. The first-order valence-electron chi connectivity index (χ1n) is 13.5. The molecule has 21 heteroatoms. The lowest BCUT2D eigenvalue weighted by Gasteiger charge is -2.11. The summed E-state index contributed by atoms with van der Waals surface area (Å²) in [6.45, 7) is 6.65. The average molecular weight is 790 g/mol. The van der Waals surface area contributed by atoms with Crippen LogP contribution in [0, 0.1) is 13.8 Å². The molecule has 0 aliphatic heterocycles. The minimum Gasteiger partial charge on any atom is -0.434 e. The number of carbonyl (C=O) groups excluding carboxylic acids is 3. The van der Waals surface area contributed by atoms with Gasteiger partial charge in [-0.05, 0) is 38.1 Å². The highest BCUT2D eigenvalue weighted by Gasteiger charge is 2.33. The number of benzene rings is 2. The lowest BCUT2D eigenvalue weighted by molar-refractivity contribution is -0.138. The summed E-state index contributed by atoms with van der Waals surface area (Å²) >= 11 is 23.3. The van der Waals surface area contributed by atoms with Crippen molar-refractivity contribution in [2.45, 2.75) is 26.2 Å². The highest BCUT2D eigenvalue weighted by molar-refractivity contribution is 6.38. The minimum absolute atomic E-state index is 0.0465. The average Bonchev–Trinajstić information content (AvgIpc) is 3.58. The van der Waals surface area contributed by atoms with Crippen LogP contribution in [0.1, 0.15) is 22.5 Å². The van der Waals surface area contributed by atoms with Gasteiger partial charge in [0.25, 0.3) is 0 Å². The van der Waals surface area contributed by atoms with E-state index in [0.29, 0.717) is 41.9 Å². The lowest BCUT2D eigenvalue weighted by atomic mass is 10.2. The zero-order chi connectivity index (χ0) is 37.6. The molecular formula is C29H22Cl4F6N6O5. The van der Waals surface area contributed by atoms with Gasteiger partial charge in [-0.1, -0.05) is 52.5 Å². The molecule has 4 rings (SSSR count). The van der Waals surface area contributed by atoms with E-state index >= 15 is 0 Å². The molecule has 268 valence electrons. The summed E-state index contributed by atoms with van der Waals surface area (Å²) in [5, 5.41) is 11.2. The van der Waals surface area contributed by atoms with E-state index in [1.807, 2.05) is 0 Å². The smallest absolute Gasteiger partial charge is 0.416 e. The van der Waals surface area contributed by atoms with Gasteiger partial charge >= 0.3 is 24.4 Å². The normalized spacial score (nSPS) is 11.3. The standard InChI is InChI=1S/C15H12Cl2F3N3O2.C14H10Cl2F3N3O3/c1-3-4-21-14(24)23-8(2)5-12(22-23)25-13-10(16)6-9(7-11(13)17)15(18,19)20;1-7-4-11(21-22(7)13(24)20-2-3-23)25-12-9(15)5-8(6-10(12)16)14(17,18)19/h3,5-7H,1,4H2,2H3,(H,21,24);3-6H,2H2,1H3,(H,20,24). The highest BCUT2D eigenvalue weighted by atomic mass is 35.5. The number of hydrogen-bond donors (Lipinski definition) is 2. The molecule has 2 amide bonds. The summed E-state index contributed by atoms with van der Waals surface area (Å²) in [4.78, 5) is 33.9. The fourth-order valence-electron chi connectivity index (χ4n) is 3.69. The molecule has 2 N–H and O–H groups in total. The van der Waals surface area contributed by atoms with Crippen molar-refractivity contribution in [3.8, 4) is 23.3 Å². The van der Waals surface area contributed by atoms with E-state index in [1.165, 1.54) is 25.1 Å². The number of alkyl halides is 6. The number of ether oxygens (including phenoxy) is 2. The molecule has 0 aliphatic carbocycles. The summed E-state index contributed by atoms with van der Waals surface area (Å²) in [5.41, 5.74) is -1.22. The van der Waals surface area contributed by atoms with Crippen molar-refractivity contribution in [3.05, 3.63) is 91.7 Å². The van der Waals surface area contributed by atoms with E-state index in [1.54, 1.807) is 6.92 Å². The van der Waals surface area contributed by atoms with Crippen molar-refractivity contribution < 1.29 is 50.2 Å². The first-order valence-corrected chi connectivity index (χ1v) is 15.0. The fourth-order valence-corrected chi connectivity index (χ4v) is 4.82. The molecule has 0 bridgehead atoms. The Morgan fingerprint density at radius 2 is 1.06 bits per heavy atom. The third-order valence-electron chi connectivity index (χ3n) is 5.91. The van der Waals surface area contributed by atoms with Crippen LogP contribution in [0.3, 0.4) is 0 Å². The molecule has 0 aliphatic rings. The molecule has 0 saturated carbocycles. The van der Waals surface area contributed by atoms with Crippen molar-refractivity contribution in [2.75, 3.05) is 13.1 Å². The van der Waals surface area contributed by atoms with E-state index in [2.05, 4.69) is 27.4 Å². The summed E-state index contributed by atoms with van der Waals surface area (Å²) in [6.07, 6.45) is -7.21. The number of aldehydes is 1. The molecule has 0 unspecified atom stereocenters. The second-order valence-corrected chi connectivity index (χ2v) is 11.3. The SMILES string of the molecule is C=CCNC(=O)n1nc(Oc2c(Cl)cc(C(F)(F)F)cc2Cl)cc1C.Cc1cc(Oc2c(Cl)cc(C(F)(F)F)cc2Cl)nn1C(=O)NCC=O. The van der Waals surface area contributed by atoms with Crippen LogP contribution in [0.15, 0.2) is 49.1 Å². The van der Waals surface area contributed by atoms with Crippen molar-refractivity contribution in [1.82, 2.24) is 30.2 Å². The molecule has 0 fully saturated rings. The van der Waals surface area contributed by atoms with Gasteiger partial charge in [-0.25, -0.2) is 9.59 Å². The Balaban J connectivity index is 0.000000270. The Bertz CT molecular complexity index is 1730. The van der Waals surface area contributed by atoms with Crippen LogP contribution in [0.5, 0.6) is 23.3 Å². The quantitative estimate of drug-likeness (QED) is 0.104. The summed E-state index contributed by atoms with van der Waals surface area (Å²) in [5.74, 6) is -0.570. The maximum Gasteiger partial charge on any atom is 0.416 e. The van der Waals surface area contributed by atoms with E-state index < -0.39 is 35.5 Å². The van der Waals surface area contributed by atoms with E-state index in [0.717, 1.165) is 9.36 Å². The maximum absolute atomic E-state index is 12.7. The molecule has 0 spiro atoms. The van der Waals surface area contributed by atoms with Gasteiger partial charge in [-0.3, -0.25) is 0 Å². The number of nitrogens with one attached hydrogen (secondary N) is 2. The molecule has 2 heterocycles. The summed E-state index contributed by atoms with van der Waals surface area (Å²) in [6, 6.07) is 4.31. The van der Waals surface area contributed by atoms with Gasteiger partial charge in [0.1, 0.15) is 6.29 Å². The van der Waals surface area contributed by atoms with Gasteiger partial charge in [0.05, 0.1) is 49.2 Å². The number of nitrogens with zero attached hydrogens (tertiary/aromatic N) is 4. The van der Waals surface area contributed by atoms with Crippen LogP contribution >= 0.6 is 46.4 Å².